The molecule has 0 aromatic heterocycles. The van der Waals surface area contributed by atoms with Crippen LogP contribution in [0.1, 0.15) is 33.4 Å². The van der Waals surface area contributed by atoms with Gasteiger partial charge in [0.1, 0.15) is 6.04 Å². The van der Waals surface area contributed by atoms with Crippen molar-refractivity contribution in [3.05, 3.63) is 106 Å². The number of amides is 1. The maximum Gasteiger partial charge on any atom is 0.334 e. The molecule has 1 fully saturated rings. The summed E-state index contributed by atoms with van der Waals surface area (Å²) >= 11 is 3.44. The number of carbonyl (C=O) groups excluding carboxylic acids is 3. The van der Waals surface area contributed by atoms with Crippen LogP contribution in [0.3, 0.4) is 0 Å². The minimum Gasteiger partial charge on any atom is -0.468 e. The van der Waals surface area contributed by atoms with Crippen LogP contribution in [0.5, 0.6) is 0 Å². The van der Waals surface area contributed by atoms with E-state index in [1.807, 2.05) is 54.6 Å². The highest BCUT2D eigenvalue weighted by Crippen LogP contribution is 2.48. The first kappa shape index (κ1) is 24.6. The molecule has 3 aromatic rings. The summed E-state index contributed by atoms with van der Waals surface area (Å²) in [6.07, 6.45) is 0. The number of carbonyl (C=O) groups is 3. The highest BCUT2D eigenvalue weighted by Gasteiger charge is 2.64. The second-order valence-electron chi connectivity index (χ2n) is 8.22. The summed E-state index contributed by atoms with van der Waals surface area (Å²) in [6, 6.07) is 23.3. The van der Waals surface area contributed by atoms with Gasteiger partial charge in [0, 0.05) is 16.0 Å². The van der Waals surface area contributed by atoms with Gasteiger partial charge in [-0.1, -0.05) is 76.6 Å². The van der Waals surface area contributed by atoms with Crippen molar-refractivity contribution in [1.82, 2.24) is 10.6 Å². The molecule has 2 N–H and O–H groups in total. The molecule has 4 atom stereocenters. The van der Waals surface area contributed by atoms with Crippen molar-refractivity contribution in [3.63, 3.8) is 0 Å². The normalized spacial score (nSPS) is 23.3. The van der Waals surface area contributed by atoms with Crippen LogP contribution in [-0.4, -0.2) is 43.6 Å². The minimum atomic E-state index is -1.67. The van der Waals surface area contributed by atoms with Gasteiger partial charge in [-0.25, -0.2) is 4.79 Å². The van der Waals surface area contributed by atoms with Gasteiger partial charge in [-0.3, -0.25) is 14.9 Å². The van der Waals surface area contributed by atoms with E-state index in [0.29, 0.717) is 16.7 Å². The minimum absolute atomic E-state index is 0.374. The predicted molar refractivity (Wildman–Crippen MR) is 134 cm³/mol. The highest BCUT2D eigenvalue weighted by molar-refractivity contribution is 9.10. The van der Waals surface area contributed by atoms with Crippen molar-refractivity contribution in [2.24, 2.45) is 0 Å². The molecule has 1 amide bonds. The van der Waals surface area contributed by atoms with Crippen LogP contribution in [0.25, 0.3) is 0 Å². The number of hydrogen-bond donors (Lipinski definition) is 2. The molecule has 0 spiro atoms. The monoisotopic (exact) mass is 536 g/mol. The average molecular weight is 537 g/mol. The Labute approximate surface area is 212 Å². The van der Waals surface area contributed by atoms with E-state index in [1.165, 1.54) is 14.2 Å². The van der Waals surface area contributed by atoms with Crippen molar-refractivity contribution in [1.29, 1.82) is 0 Å². The van der Waals surface area contributed by atoms with Gasteiger partial charge in [-0.15, -0.1) is 0 Å². The van der Waals surface area contributed by atoms with Crippen molar-refractivity contribution < 1.29 is 23.9 Å². The third kappa shape index (κ3) is 4.59. The van der Waals surface area contributed by atoms with Crippen LogP contribution in [-0.2, 0) is 19.1 Å². The maximum absolute atomic E-state index is 13.8. The number of halogens is 1. The lowest BCUT2D eigenvalue weighted by molar-refractivity contribution is -0.150. The molecule has 3 aromatic carbocycles. The Morgan fingerprint density at radius 2 is 1.43 bits per heavy atom. The third-order valence-corrected chi connectivity index (χ3v) is 6.85. The Morgan fingerprint density at radius 1 is 0.829 bits per heavy atom. The molecule has 8 heteroatoms. The fourth-order valence-electron chi connectivity index (χ4n) is 4.78. The van der Waals surface area contributed by atoms with Gasteiger partial charge in [0.25, 0.3) is 5.91 Å². The highest BCUT2D eigenvalue weighted by atomic mass is 79.9. The van der Waals surface area contributed by atoms with E-state index in [1.54, 1.807) is 30.3 Å². The molecule has 180 valence electrons. The molecular weight excluding hydrogens is 512 g/mol. The summed E-state index contributed by atoms with van der Waals surface area (Å²) in [6.45, 7) is 0. The van der Waals surface area contributed by atoms with Gasteiger partial charge < -0.3 is 14.8 Å². The molecule has 0 saturated carbocycles. The number of nitrogens with one attached hydrogen (secondary N) is 2. The predicted octanol–water partition coefficient (Wildman–Crippen LogP) is 3.76. The first-order valence-corrected chi connectivity index (χ1v) is 11.8. The first-order valence-electron chi connectivity index (χ1n) is 11.0. The van der Waals surface area contributed by atoms with Gasteiger partial charge in [-0.2, -0.15) is 0 Å². The molecule has 0 bridgehead atoms. The zero-order valence-electron chi connectivity index (χ0n) is 19.2. The van der Waals surface area contributed by atoms with E-state index in [9.17, 15) is 14.4 Å². The summed E-state index contributed by atoms with van der Waals surface area (Å²) in [5, 5.41) is 6.27. The van der Waals surface area contributed by atoms with E-state index in [-0.39, 0.29) is 0 Å². The van der Waals surface area contributed by atoms with Gasteiger partial charge in [0.15, 0.2) is 5.54 Å². The second kappa shape index (κ2) is 10.4. The number of rotatable bonds is 6. The largest absolute Gasteiger partial charge is 0.468 e. The molecule has 1 aliphatic heterocycles. The Kier molecular flexibility index (Phi) is 7.33. The number of hydrogen-bond acceptors (Lipinski definition) is 6. The molecule has 7 nitrogen and oxygen atoms in total. The van der Waals surface area contributed by atoms with Gasteiger partial charge >= 0.3 is 11.9 Å². The van der Waals surface area contributed by atoms with Crippen molar-refractivity contribution in [3.8, 4) is 0 Å². The van der Waals surface area contributed by atoms with Crippen LogP contribution < -0.4 is 10.6 Å². The molecule has 4 rings (SSSR count). The van der Waals surface area contributed by atoms with Crippen LogP contribution in [0.2, 0.25) is 0 Å². The van der Waals surface area contributed by atoms with Gasteiger partial charge in [0.05, 0.1) is 20.3 Å². The molecule has 1 aliphatic rings. The molecule has 0 aliphatic carbocycles. The number of methoxy groups -OCH3 is 2. The van der Waals surface area contributed by atoms with Crippen molar-refractivity contribution >= 4 is 33.8 Å². The van der Waals surface area contributed by atoms with Gasteiger partial charge in [0.2, 0.25) is 0 Å². The van der Waals surface area contributed by atoms with Crippen LogP contribution in [0.15, 0.2) is 89.4 Å². The molecule has 35 heavy (non-hydrogen) atoms. The van der Waals surface area contributed by atoms with E-state index < -0.39 is 41.4 Å². The fraction of sp³-hybridized carbons (Fsp3) is 0.222. The van der Waals surface area contributed by atoms with Crippen LogP contribution >= 0.6 is 15.9 Å². The quantitative estimate of drug-likeness (QED) is 0.466. The lowest BCUT2D eigenvalue weighted by Gasteiger charge is -2.38. The molecule has 1 saturated heterocycles. The van der Waals surface area contributed by atoms with Crippen LogP contribution in [0.4, 0.5) is 0 Å². The summed E-state index contributed by atoms with van der Waals surface area (Å²) in [5.41, 5.74) is 0.0714. The Morgan fingerprint density at radius 3 is 2.00 bits per heavy atom. The number of benzene rings is 3. The fourth-order valence-corrected chi connectivity index (χ4v) is 5.04. The topological polar surface area (TPSA) is 93.7 Å². The lowest BCUT2D eigenvalue weighted by Crippen LogP contribution is -2.61. The molecule has 0 radical (unpaired) electrons. The average Bonchev–Trinajstić information content (AvgIpc) is 3.24. The van der Waals surface area contributed by atoms with Crippen LogP contribution in [0, 0.1) is 0 Å². The second-order valence-corrected chi connectivity index (χ2v) is 9.14. The third-order valence-electron chi connectivity index (χ3n) is 6.32. The Balaban J connectivity index is 1.96. The summed E-state index contributed by atoms with van der Waals surface area (Å²) < 4.78 is 11.3. The summed E-state index contributed by atoms with van der Waals surface area (Å²) in [7, 11) is 2.56. The van der Waals surface area contributed by atoms with E-state index in [0.717, 1.165) is 4.47 Å². The Hall–Kier alpha value is -3.49. The Bertz CT molecular complexity index is 1200. The molecule has 1 heterocycles. The summed E-state index contributed by atoms with van der Waals surface area (Å²) in [5.74, 6) is -2.53. The number of ether oxygens (including phenoxy) is 2. The SMILES string of the molecule is COC(=O)C1NC(c2ccc(Br)cc2)C(NC(=O)c2ccccc2)(C(=O)OC)C1c1ccccc1. The van der Waals surface area contributed by atoms with E-state index in [2.05, 4.69) is 26.6 Å². The first-order chi connectivity index (χ1) is 16.9. The zero-order valence-corrected chi connectivity index (χ0v) is 20.8. The van der Waals surface area contributed by atoms with E-state index >= 15 is 0 Å². The van der Waals surface area contributed by atoms with Crippen molar-refractivity contribution in [2.45, 2.75) is 23.5 Å². The number of esters is 2. The zero-order chi connectivity index (χ0) is 25.0. The van der Waals surface area contributed by atoms with E-state index in [4.69, 9.17) is 9.47 Å². The maximum atomic E-state index is 13.8. The summed E-state index contributed by atoms with van der Waals surface area (Å²) in [4.78, 5) is 40.3. The molecular formula is C27H25BrN2O5. The standard InChI is InChI=1S/C27H25BrN2O5/c1-34-25(32)22-21(17-9-5-3-6-10-17)27(26(33)35-2,30-24(31)19-11-7-4-8-12-19)23(29-22)18-13-15-20(28)16-14-18/h3-16,21-23,29H,1-2H3,(H,30,31). The smallest absolute Gasteiger partial charge is 0.334 e. The molecule has 4 unspecified atom stereocenters. The lowest BCUT2D eigenvalue weighted by atomic mass is 9.73. The van der Waals surface area contributed by atoms with Crippen molar-refractivity contribution in [2.75, 3.05) is 14.2 Å². The van der Waals surface area contributed by atoms with Gasteiger partial charge in [-0.05, 0) is 35.4 Å².